The van der Waals surface area contributed by atoms with Crippen LogP contribution in [0, 0.1) is 5.41 Å². The van der Waals surface area contributed by atoms with E-state index in [0.717, 1.165) is 62.3 Å². The number of nitrogens with zero attached hydrogens (tertiary/aromatic N) is 1. The van der Waals surface area contributed by atoms with Crippen molar-refractivity contribution in [2.24, 2.45) is 5.41 Å². The minimum atomic E-state index is -0.179. The van der Waals surface area contributed by atoms with Gasteiger partial charge in [-0.15, -0.1) is 0 Å². The number of para-hydroxylation sites is 1. The number of carbonyl (C=O) groups is 1. The molecule has 3 saturated heterocycles. The van der Waals surface area contributed by atoms with Crippen LogP contribution in [0.1, 0.15) is 31.2 Å². The van der Waals surface area contributed by atoms with Crippen molar-refractivity contribution in [3.05, 3.63) is 41.1 Å². The van der Waals surface area contributed by atoms with E-state index in [-0.39, 0.29) is 22.9 Å². The molecule has 0 aromatic heterocycles. The number of fused-ring (bicyclic) bond motifs is 1. The molecule has 0 amide bonds. The molecule has 6 rings (SSSR count). The third-order valence-electron chi connectivity index (χ3n) is 7.73. The quantitative estimate of drug-likeness (QED) is 0.787. The number of hydrogen-bond acceptors (Lipinski definition) is 5. The van der Waals surface area contributed by atoms with Gasteiger partial charge in [-0.05, 0) is 43.9 Å². The van der Waals surface area contributed by atoms with Crippen LogP contribution in [0.5, 0.6) is 0 Å². The normalized spacial score (nSPS) is 39.7. The lowest BCUT2D eigenvalue weighted by molar-refractivity contribution is -0.138. The second-order valence-electron chi connectivity index (χ2n) is 8.48. The Morgan fingerprint density at radius 3 is 3.08 bits per heavy atom. The van der Waals surface area contributed by atoms with E-state index in [9.17, 15) is 4.79 Å². The summed E-state index contributed by atoms with van der Waals surface area (Å²) < 4.78 is 11.4. The fraction of sp³-hybridized carbons (Fsp3) is 0.571. The van der Waals surface area contributed by atoms with E-state index >= 15 is 0 Å². The monoisotopic (exact) mass is 352 g/mol. The summed E-state index contributed by atoms with van der Waals surface area (Å²) >= 11 is 0. The molecule has 3 fully saturated rings. The molecule has 5 aliphatic rings. The number of rotatable bonds is 1. The Morgan fingerprint density at radius 2 is 2.19 bits per heavy atom. The first-order valence-electron chi connectivity index (χ1n) is 9.75. The zero-order chi connectivity index (χ0) is 17.5. The summed E-state index contributed by atoms with van der Waals surface area (Å²) in [6, 6.07) is 9.02. The van der Waals surface area contributed by atoms with Crippen LogP contribution in [0.15, 0.2) is 35.5 Å². The predicted octanol–water partition coefficient (Wildman–Crippen LogP) is 2.43. The molecule has 1 aromatic rings. The van der Waals surface area contributed by atoms with Crippen LogP contribution in [-0.2, 0) is 19.7 Å². The first-order valence-corrected chi connectivity index (χ1v) is 9.75. The Kier molecular flexibility index (Phi) is 2.87. The average Bonchev–Trinajstić information content (AvgIpc) is 3.35. The van der Waals surface area contributed by atoms with Gasteiger partial charge in [-0.25, -0.2) is 4.79 Å². The van der Waals surface area contributed by atoms with Gasteiger partial charge >= 0.3 is 5.97 Å². The Morgan fingerprint density at radius 1 is 1.31 bits per heavy atom. The molecule has 4 atom stereocenters. The molecule has 26 heavy (non-hydrogen) atoms. The van der Waals surface area contributed by atoms with Gasteiger partial charge in [0.05, 0.1) is 24.2 Å². The lowest BCUT2D eigenvalue weighted by atomic mass is 9.53. The van der Waals surface area contributed by atoms with Crippen LogP contribution in [0.25, 0.3) is 0 Å². The van der Waals surface area contributed by atoms with Crippen LogP contribution in [0.3, 0.4) is 0 Å². The molecule has 0 saturated carbocycles. The SMILES string of the molecule is COC(=O)C1=C2Nc3ccccc3[C@@]23CCN2CC[C@@H]4OCC[C@]4(C1)C23. The van der Waals surface area contributed by atoms with Crippen molar-refractivity contribution in [2.75, 3.05) is 32.1 Å². The van der Waals surface area contributed by atoms with Crippen LogP contribution < -0.4 is 5.32 Å². The minimum absolute atomic E-state index is 0.0287. The highest BCUT2D eigenvalue weighted by Crippen LogP contribution is 2.66. The fourth-order valence-corrected chi connectivity index (χ4v) is 6.94. The number of ether oxygens (including phenoxy) is 2. The van der Waals surface area contributed by atoms with E-state index in [0.29, 0.717) is 6.04 Å². The third-order valence-corrected chi connectivity index (χ3v) is 7.73. The first kappa shape index (κ1) is 15.2. The Balaban J connectivity index is 1.66. The van der Waals surface area contributed by atoms with Gasteiger partial charge < -0.3 is 14.8 Å². The Bertz CT molecular complexity index is 849. The molecule has 136 valence electrons. The summed E-state index contributed by atoms with van der Waals surface area (Å²) in [4.78, 5) is 15.5. The number of piperidine rings is 1. The fourth-order valence-electron chi connectivity index (χ4n) is 6.94. The van der Waals surface area contributed by atoms with Gasteiger partial charge in [0, 0.05) is 36.0 Å². The summed E-state index contributed by atoms with van der Waals surface area (Å²) in [7, 11) is 1.50. The summed E-state index contributed by atoms with van der Waals surface area (Å²) in [5, 5.41) is 3.64. The summed E-state index contributed by atoms with van der Waals surface area (Å²) in [6.07, 6.45) is 4.20. The maximum absolute atomic E-state index is 12.8. The van der Waals surface area contributed by atoms with Crippen molar-refractivity contribution in [3.63, 3.8) is 0 Å². The van der Waals surface area contributed by atoms with Gasteiger partial charge in [0.15, 0.2) is 0 Å². The number of anilines is 1. The van der Waals surface area contributed by atoms with Crippen molar-refractivity contribution in [1.29, 1.82) is 0 Å². The zero-order valence-electron chi connectivity index (χ0n) is 15.1. The second kappa shape index (κ2) is 4.90. The van der Waals surface area contributed by atoms with Crippen molar-refractivity contribution in [1.82, 2.24) is 4.90 Å². The molecule has 0 bridgehead atoms. The molecule has 4 aliphatic heterocycles. The van der Waals surface area contributed by atoms with E-state index < -0.39 is 0 Å². The van der Waals surface area contributed by atoms with Gasteiger partial charge in [-0.1, -0.05) is 18.2 Å². The number of carbonyl (C=O) groups excluding carboxylic acids is 1. The summed E-state index contributed by atoms with van der Waals surface area (Å²) in [5.74, 6) is -0.179. The largest absolute Gasteiger partial charge is 0.466 e. The van der Waals surface area contributed by atoms with Gasteiger partial charge in [0.25, 0.3) is 0 Å². The van der Waals surface area contributed by atoms with Crippen molar-refractivity contribution in [3.8, 4) is 0 Å². The van der Waals surface area contributed by atoms with Gasteiger partial charge in [0.1, 0.15) is 0 Å². The molecule has 4 heterocycles. The highest BCUT2D eigenvalue weighted by Gasteiger charge is 2.70. The van der Waals surface area contributed by atoms with E-state index in [1.54, 1.807) is 0 Å². The van der Waals surface area contributed by atoms with E-state index in [1.165, 1.54) is 12.7 Å². The molecule has 1 aromatic carbocycles. The molecule has 1 aliphatic carbocycles. The highest BCUT2D eigenvalue weighted by molar-refractivity contribution is 5.93. The number of hydrogen-bond donors (Lipinski definition) is 1. The van der Waals surface area contributed by atoms with Gasteiger partial charge in [-0.3, -0.25) is 4.90 Å². The van der Waals surface area contributed by atoms with Crippen LogP contribution in [0.2, 0.25) is 0 Å². The molecular formula is C21H24N2O3. The maximum atomic E-state index is 12.8. The third kappa shape index (κ3) is 1.54. The van der Waals surface area contributed by atoms with Gasteiger partial charge in [-0.2, -0.15) is 0 Å². The van der Waals surface area contributed by atoms with Crippen molar-refractivity contribution in [2.45, 2.75) is 43.2 Å². The number of benzene rings is 1. The maximum Gasteiger partial charge on any atom is 0.335 e. The number of esters is 1. The topological polar surface area (TPSA) is 50.8 Å². The number of nitrogens with one attached hydrogen (secondary N) is 1. The number of methoxy groups -OCH3 is 1. The lowest BCUT2D eigenvalue weighted by Crippen LogP contribution is -2.63. The predicted molar refractivity (Wildman–Crippen MR) is 96.8 cm³/mol. The van der Waals surface area contributed by atoms with Crippen molar-refractivity contribution >= 4 is 11.7 Å². The Hall–Kier alpha value is -1.85. The minimum Gasteiger partial charge on any atom is -0.466 e. The first-order chi connectivity index (χ1) is 12.7. The molecule has 5 nitrogen and oxygen atoms in total. The highest BCUT2D eigenvalue weighted by atomic mass is 16.5. The van der Waals surface area contributed by atoms with Crippen LogP contribution in [0.4, 0.5) is 5.69 Å². The average molecular weight is 352 g/mol. The van der Waals surface area contributed by atoms with Crippen LogP contribution >= 0.6 is 0 Å². The Labute approximate surface area is 153 Å². The standard InChI is InChI=1S/C21H24N2O3/c1-25-18(24)13-12-20-8-11-26-16(20)6-9-23-10-7-21(19(20)23)14-4-2-3-5-15(14)22-17(13)21/h2-5,16,19,22H,6-12H2,1H3/t16-,19?,20+,21-/m0/s1. The smallest absolute Gasteiger partial charge is 0.335 e. The second-order valence-corrected chi connectivity index (χ2v) is 8.48. The molecule has 5 heteroatoms. The molecule has 1 unspecified atom stereocenters. The molecule has 1 N–H and O–H groups in total. The van der Waals surface area contributed by atoms with Crippen molar-refractivity contribution < 1.29 is 14.3 Å². The zero-order valence-corrected chi connectivity index (χ0v) is 15.1. The van der Waals surface area contributed by atoms with E-state index in [4.69, 9.17) is 9.47 Å². The summed E-state index contributed by atoms with van der Waals surface area (Å²) in [6.45, 7) is 3.00. The van der Waals surface area contributed by atoms with E-state index in [1.807, 2.05) is 0 Å². The molecule has 0 radical (unpaired) electrons. The lowest BCUT2D eigenvalue weighted by Gasteiger charge is -2.56. The molecular weight excluding hydrogens is 328 g/mol. The molecule has 2 spiro atoms. The summed E-state index contributed by atoms with van der Waals surface area (Å²) in [5.41, 5.74) is 4.38. The van der Waals surface area contributed by atoms with E-state index in [2.05, 4.69) is 34.5 Å². The van der Waals surface area contributed by atoms with Gasteiger partial charge in [0.2, 0.25) is 0 Å². The van der Waals surface area contributed by atoms with Crippen LogP contribution in [-0.4, -0.2) is 49.8 Å².